The van der Waals surface area contributed by atoms with Crippen LogP contribution in [0.25, 0.3) is 22.4 Å². The summed E-state index contributed by atoms with van der Waals surface area (Å²) in [4.78, 5) is 4.83. The normalized spacial score (nSPS) is 11.0. The molecule has 2 aromatic carbocycles. The van der Waals surface area contributed by atoms with Crippen LogP contribution in [-0.4, -0.2) is 12.1 Å². The smallest absolute Gasteiger partial charge is 0.0887 e. The topological polar surface area (TPSA) is 48.1 Å². The maximum absolute atomic E-state index is 6.46. The van der Waals surface area contributed by atoms with E-state index in [1.165, 1.54) is 0 Å². The lowest BCUT2D eigenvalue weighted by Gasteiger charge is -2.16. The van der Waals surface area contributed by atoms with Crippen molar-refractivity contribution in [2.75, 3.05) is 7.11 Å². The molecular formula is C20H17Cl3N2O. The summed E-state index contributed by atoms with van der Waals surface area (Å²) in [5.41, 5.74) is 11.1. The number of benzene rings is 2. The van der Waals surface area contributed by atoms with Gasteiger partial charge in [0.1, 0.15) is 0 Å². The van der Waals surface area contributed by atoms with E-state index in [4.69, 9.17) is 50.3 Å². The predicted octanol–water partition coefficient (Wildman–Crippen LogP) is 5.98. The summed E-state index contributed by atoms with van der Waals surface area (Å²) in [6.45, 7) is 0.729. The highest BCUT2D eigenvalue weighted by molar-refractivity contribution is 6.36. The van der Waals surface area contributed by atoms with Gasteiger partial charge in [-0.25, -0.2) is 4.98 Å². The van der Waals surface area contributed by atoms with Gasteiger partial charge >= 0.3 is 0 Å². The third-order valence-corrected chi connectivity index (χ3v) is 4.83. The Bertz CT molecular complexity index is 927. The molecule has 0 unspecified atom stereocenters. The molecule has 0 radical (unpaired) electrons. The fourth-order valence-electron chi connectivity index (χ4n) is 2.77. The third-order valence-electron chi connectivity index (χ3n) is 4.03. The van der Waals surface area contributed by atoms with Gasteiger partial charge < -0.3 is 10.5 Å². The predicted molar refractivity (Wildman–Crippen MR) is 109 cm³/mol. The lowest BCUT2D eigenvalue weighted by Crippen LogP contribution is -2.07. The van der Waals surface area contributed by atoms with E-state index in [1.807, 2.05) is 36.4 Å². The molecule has 3 rings (SSSR count). The molecule has 0 fully saturated rings. The van der Waals surface area contributed by atoms with Gasteiger partial charge in [-0.1, -0.05) is 53.0 Å². The van der Waals surface area contributed by atoms with E-state index >= 15 is 0 Å². The van der Waals surface area contributed by atoms with E-state index in [1.54, 1.807) is 19.2 Å². The van der Waals surface area contributed by atoms with Gasteiger partial charge in [0.15, 0.2) is 0 Å². The summed E-state index contributed by atoms with van der Waals surface area (Å²) in [6, 6.07) is 14.9. The van der Waals surface area contributed by atoms with Crippen LogP contribution in [0.1, 0.15) is 11.3 Å². The number of nitrogens with zero attached hydrogens (tertiary/aromatic N) is 1. The minimum absolute atomic E-state index is 0.352. The molecule has 134 valence electrons. The first-order chi connectivity index (χ1) is 12.5. The molecule has 0 spiro atoms. The summed E-state index contributed by atoms with van der Waals surface area (Å²) in [6.07, 6.45) is 0. The van der Waals surface area contributed by atoms with Gasteiger partial charge in [-0.2, -0.15) is 0 Å². The molecule has 0 saturated carbocycles. The number of methoxy groups -OCH3 is 1. The monoisotopic (exact) mass is 406 g/mol. The molecule has 6 heteroatoms. The Kier molecular flexibility index (Phi) is 6.17. The number of hydrogen-bond donors (Lipinski definition) is 1. The lowest BCUT2D eigenvalue weighted by molar-refractivity contribution is 0.181. The van der Waals surface area contributed by atoms with Crippen LogP contribution >= 0.6 is 34.8 Å². The van der Waals surface area contributed by atoms with Crippen molar-refractivity contribution in [2.24, 2.45) is 5.73 Å². The summed E-state index contributed by atoms with van der Waals surface area (Å²) >= 11 is 18.5. The van der Waals surface area contributed by atoms with Crippen LogP contribution in [0.3, 0.4) is 0 Å². The standard InChI is InChI=1S/C20H17Cl3N2O/c1-26-11-19-13(10-24)8-17(16-7-6-15(22)9-18(16)23)20(25-19)12-2-4-14(21)5-3-12/h2-9H,10-11,24H2,1H3. The number of pyridine rings is 1. The molecule has 0 atom stereocenters. The van der Waals surface area contributed by atoms with E-state index in [2.05, 4.69) is 0 Å². The van der Waals surface area contributed by atoms with Gasteiger partial charge in [0.05, 0.1) is 18.0 Å². The van der Waals surface area contributed by atoms with Crippen molar-refractivity contribution < 1.29 is 4.74 Å². The molecule has 0 aliphatic heterocycles. The second-order valence-corrected chi connectivity index (χ2v) is 7.04. The van der Waals surface area contributed by atoms with Crippen LogP contribution in [0.2, 0.25) is 15.1 Å². The van der Waals surface area contributed by atoms with Gasteiger partial charge in [-0.15, -0.1) is 0 Å². The van der Waals surface area contributed by atoms with E-state index in [0.29, 0.717) is 28.2 Å². The van der Waals surface area contributed by atoms with Gasteiger partial charge in [-0.05, 0) is 35.9 Å². The first kappa shape index (κ1) is 19.2. The van der Waals surface area contributed by atoms with Crippen molar-refractivity contribution in [3.05, 3.63) is 74.9 Å². The Morgan fingerprint density at radius 3 is 2.23 bits per heavy atom. The first-order valence-electron chi connectivity index (χ1n) is 7.96. The Labute approximate surface area is 167 Å². The molecule has 0 aliphatic rings. The molecule has 2 N–H and O–H groups in total. The van der Waals surface area contributed by atoms with Gasteiger partial charge in [0.25, 0.3) is 0 Å². The Hall–Kier alpha value is -1.62. The number of ether oxygens (including phenoxy) is 1. The lowest BCUT2D eigenvalue weighted by atomic mass is 9.96. The molecule has 0 amide bonds. The van der Waals surface area contributed by atoms with Crippen molar-refractivity contribution >= 4 is 34.8 Å². The number of aromatic nitrogens is 1. The maximum atomic E-state index is 6.46. The zero-order chi connectivity index (χ0) is 18.7. The first-order valence-corrected chi connectivity index (χ1v) is 9.10. The SMILES string of the molecule is COCc1nc(-c2ccc(Cl)cc2)c(-c2ccc(Cl)cc2Cl)cc1CN. The van der Waals surface area contributed by atoms with Crippen LogP contribution < -0.4 is 5.73 Å². The molecule has 1 heterocycles. The highest BCUT2D eigenvalue weighted by Crippen LogP contribution is 2.37. The highest BCUT2D eigenvalue weighted by Gasteiger charge is 2.16. The zero-order valence-electron chi connectivity index (χ0n) is 14.1. The van der Waals surface area contributed by atoms with Crippen molar-refractivity contribution in [3.63, 3.8) is 0 Å². The molecule has 3 aromatic rings. The number of nitrogens with two attached hydrogens (primary N) is 1. The largest absolute Gasteiger partial charge is 0.378 e. The average molecular weight is 408 g/mol. The van der Waals surface area contributed by atoms with Crippen molar-refractivity contribution in [3.8, 4) is 22.4 Å². The molecular weight excluding hydrogens is 391 g/mol. The molecule has 0 bridgehead atoms. The number of halogens is 3. The van der Waals surface area contributed by atoms with E-state index in [-0.39, 0.29) is 0 Å². The number of hydrogen-bond acceptors (Lipinski definition) is 3. The second-order valence-electron chi connectivity index (χ2n) is 5.76. The highest BCUT2D eigenvalue weighted by atomic mass is 35.5. The molecule has 3 nitrogen and oxygen atoms in total. The Morgan fingerprint density at radius 1 is 0.923 bits per heavy atom. The zero-order valence-corrected chi connectivity index (χ0v) is 16.4. The summed E-state index contributed by atoms with van der Waals surface area (Å²) in [7, 11) is 1.63. The average Bonchev–Trinajstić information content (AvgIpc) is 2.63. The van der Waals surface area contributed by atoms with Crippen LogP contribution in [0.4, 0.5) is 0 Å². The fraction of sp³-hybridized carbons (Fsp3) is 0.150. The summed E-state index contributed by atoms with van der Waals surface area (Å²) in [5.74, 6) is 0. The summed E-state index contributed by atoms with van der Waals surface area (Å²) < 4.78 is 5.28. The van der Waals surface area contributed by atoms with Gasteiger partial charge in [0, 0.05) is 45.4 Å². The van der Waals surface area contributed by atoms with Crippen molar-refractivity contribution in [2.45, 2.75) is 13.2 Å². The Balaban J connectivity index is 2.28. The molecule has 0 aliphatic carbocycles. The van der Waals surface area contributed by atoms with Crippen LogP contribution in [0.5, 0.6) is 0 Å². The third kappa shape index (κ3) is 4.03. The Morgan fingerprint density at radius 2 is 1.62 bits per heavy atom. The van der Waals surface area contributed by atoms with Crippen molar-refractivity contribution in [1.29, 1.82) is 0 Å². The van der Waals surface area contributed by atoms with Gasteiger partial charge in [0.2, 0.25) is 0 Å². The summed E-state index contributed by atoms with van der Waals surface area (Å²) in [5, 5.41) is 1.79. The van der Waals surface area contributed by atoms with Gasteiger partial charge in [-0.3, -0.25) is 0 Å². The molecule has 0 saturated heterocycles. The van der Waals surface area contributed by atoms with Crippen LogP contribution in [0, 0.1) is 0 Å². The quantitative estimate of drug-likeness (QED) is 0.566. The fourth-order valence-corrected chi connectivity index (χ4v) is 3.41. The maximum Gasteiger partial charge on any atom is 0.0887 e. The number of rotatable bonds is 5. The van der Waals surface area contributed by atoms with Crippen LogP contribution in [-0.2, 0) is 17.9 Å². The van der Waals surface area contributed by atoms with Crippen molar-refractivity contribution in [1.82, 2.24) is 4.98 Å². The van der Waals surface area contributed by atoms with E-state index in [0.717, 1.165) is 33.6 Å². The van der Waals surface area contributed by atoms with E-state index in [9.17, 15) is 0 Å². The van der Waals surface area contributed by atoms with Crippen LogP contribution in [0.15, 0.2) is 48.5 Å². The second kappa shape index (κ2) is 8.38. The minimum Gasteiger partial charge on any atom is -0.378 e. The molecule has 26 heavy (non-hydrogen) atoms. The minimum atomic E-state index is 0.352. The molecule has 1 aromatic heterocycles. The van der Waals surface area contributed by atoms with E-state index < -0.39 is 0 Å².